The second kappa shape index (κ2) is 5.05. The molecule has 2 unspecified atom stereocenters. The molecule has 4 heteroatoms. The molecule has 0 aromatic carbocycles. The van der Waals surface area contributed by atoms with Crippen molar-refractivity contribution >= 4 is 6.09 Å². The molecule has 4 nitrogen and oxygen atoms in total. The molecule has 0 aromatic heterocycles. The summed E-state index contributed by atoms with van der Waals surface area (Å²) in [5, 5.41) is 9.18. The van der Waals surface area contributed by atoms with Crippen molar-refractivity contribution in [2.45, 2.75) is 59.5 Å². The van der Waals surface area contributed by atoms with Crippen LogP contribution in [0.2, 0.25) is 0 Å². The summed E-state index contributed by atoms with van der Waals surface area (Å²) in [6, 6.07) is 2.29. The van der Waals surface area contributed by atoms with E-state index in [1.165, 1.54) is 0 Å². The standard InChI is InChI=1S/C17H26N2O2/c1-15(2,3)21-14(20)19-9-8-16(4)7-6-13(11-18)10-17(16,5)12-19/h6H,7-10,12H2,1-5H3. The Labute approximate surface area is 127 Å². The molecule has 116 valence electrons. The van der Waals surface area contributed by atoms with Crippen LogP contribution in [0, 0.1) is 22.2 Å². The van der Waals surface area contributed by atoms with Crippen LogP contribution in [0.1, 0.15) is 53.9 Å². The lowest BCUT2D eigenvalue weighted by atomic mass is 9.55. The zero-order chi connectivity index (χ0) is 15.9. The van der Waals surface area contributed by atoms with E-state index in [2.05, 4.69) is 26.0 Å². The Kier molecular flexibility index (Phi) is 3.82. The fourth-order valence-corrected chi connectivity index (χ4v) is 3.40. The summed E-state index contributed by atoms with van der Waals surface area (Å²) in [5.41, 5.74) is 0.484. The lowest BCUT2D eigenvalue weighted by Gasteiger charge is -2.55. The Morgan fingerprint density at radius 2 is 2.05 bits per heavy atom. The van der Waals surface area contributed by atoms with Crippen LogP contribution in [-0.2, 0) is 4.74 Å². The number of allylic oxidation sites excluding steroid dienone is 2. The van der Waals surface area contributed by atoms with E-state index in [1.54, 1.807) is 0 Å². The lowest BCUT2D eigenvalue weighted by Crippen LogP contribution is -2.56. The van der Waals surface area contributed by atoms with Crippen LogP contribution in [0.3, 0.4) is 0 Å². The lowest BCUT2D eigenvalue weighted by molar-refractivity contribution is -0.0466. The molecule has 2 aliphatic rings. The van der Waals surface area contributed by atoms with Crippen LogP contribution in [-0.4, -0.2) is 29.7 Å². The Hall–Kier alpha value is -1.50. The van der Waals surface area contributed by atoms with Gasteiger partial charge in [-0.2, -0.15) is 5.26 Å². The van der Waals surface area contributed by atoms with Gasteiger partial charge >= 0.3 is 6.09 Å². The van der Waals surface area contributed by atoms with Crippen molar-refractivity contribution < 1.29 is 9.53 Å². The van der Waals surface area contributed by atoms with Gasteiger partial charge in [-0.25, -0.2) is 4.79 Å². The smallest absolute Gasteiger partial charge is 0.410 e. The number of nitriles is 1. The largest absolute Gasteiger partial charge is 0.444 e. The number of amides is 1. The van der Waals surface area contributed by atoms with Crippen LogP contribution < -0.4 is 0 Å². The van der Waals surface area contributed by atoms with Gasteiger partial charge in [0.05, 0.1) is 6.07 Å². The van der Waals surface area contributed by atoms with Crippen LogP contribution in [0.5, 0.6) is 0 Å². The number of carbonyl (C=O) groups excluding carboxylic acids is 1. The quantitative estimate of drug-likeness (QED) is 0.680. The van der Waals surface area contributed by atoms with Gasteiger partial charge < -0.3 is 9.64 Å². The van der Waals surface area contributed by atoms with Crippen molar-refractivity contribution in [1.29, 1.82) is 5.26 Å². The number of fused-ring (bicyclic) bond motifs is 1. The maximum absolute atomic E-state index is 12.3. The number of hydrogen-bond acceptors (Lipinski definition) is 3. The minimum absolute atomic E-state index is 0.0536. The van der Waals surface area contributed by atoms with Crippen molar-refractivity contribution in [3.63, 3.8) is 0 Å². The minimum Gasteiger partial charge on any atom is -0.444 e. The number of carbonyl (C=O) groups is 1. The molecule has 2 rings (SSSR count). The van der Waals surface area contributed by atoms with Gasteiger partial charge in [0.1, 0.15) is 5.60 Å². The molecule has 0 spiro atoms. The van der Waals surface area contributed by atoms with Crippen LogP contribution in [0.4, 0.5) is 4.79 Å². The first-order valence-corrected chi connectivity index (χ1v) is 7.66. The van der Waals surface area contributed by atoms with E-state index < -0.39 is 5.60 Å². The first kappa shape index (κ1) is 15.9. The van der Waals surface area contributed by atoms with Crippen LogP contribution in [0.25, 0.3) is 0 Å². The predicted octanol–water partition coefficient (Wildman–Crippen LogP) is 3.88. The molecule has 0 bridgehead atoms. The average Bonchev–Trinajstić information content (AvgIpc) is 2.36. The maximum Gasteiger partial charge on any atom is 0.410 e. The number of piperidine rings is 1. The summed E-state index contributed by atoms with van der Waals surface area (Å²) < 4.78 is 5.50. The molecule has 1 aliphatic heterocycles. The second-order valence-corrected chi connectivity index (χ2v) is 8.00. The first-order valence-electron chi connectivity index (χ1n) is 7.66. The summed E-state index contributed by atoms with van der Waals surface area (Å²) >= 11 is 0. The van der Waals surface area contributed by atoms with E-state index in [-0.39, 0.29) is 16.9 Å². The van der Waals surface area contributed by atoms with Gasteiger partial charge in [-0.15, -0.1) is 0 Å². The van der Waals surface area contributed by atoms with E-state index in [9.17, 15) is 10.1 Å². The van der Waals surface area contributed by atoms with E-state index in [0.717, 1.165) is 31.4 Å². The summed E-state index contributed by atoms with van der Waals surface area (Å²) in [7, 11) is 0. The second-order valence-electron chi connectivity index (χ2n) is 8.00. The van der Waals surface area contributed by atoms with Gasteiger partial charge in [0.15, 0.2) is 0 Å². The Bertz CT molecular complexity index is 512. The molecular weight excluding hydrogens is 264 g/mol. The number of nitrogens with zero attached hydrogens (tertiary/aromatic N) is 2. The summed E-state index contributed by atoms with van der Waals surface area (Å²) in [5.74, 6) is 0. The minimum atomic E-state index is -0.469. The van der Waals surface area contributed by atoms with Crippen molar-refractivity contribution in [3.05, 3.63) is 11.6 Å². The highest BCUT2D eigenvalue weighted by molar-refractivity contribution is 5.68. The normalized spacial score (nSPS) is 32.8. The molecule has 0 saturated carbocycles. The van der Waals surface area contributed by atoms with E-state index >= 15 is 0 Å². The molecule has 1 amide bonds. The summed E-state index contributed by atoms with van der Waals surface area (Å²) in [4.78, 5) is 14.1. The topological polar surface area (TPSA) is 53.3 Å². The van der Waals surface area contributed by atoms with Crippen LogP contribution in [0.15, 0.2) is 11.6 Å². The third kappa shape index (κ3) is 3.07. The highest BCUT2D eigenvalue weighted by Crippen LogP contribution is 2.54. The van der Waals surface area contributed by atoms with E-state index in [1.807, 2.05) is 25.7 Å². The van der Waals surface area contributed by atoms with Gasteiger partial charge in [0.25, 0.3) is 0 Å². The van der Waals surface area contributed by atoms with Crippen molar-refractivity contribution in [2.24, 2.45) is 10.8 Å². The number of ether oxygens (including phenoxy) is 1. The van der Waals surface area contributed by atoms with Crippen molar-refractivity contribution in [2.75, 3.05) is 13.1 Å². The van der Waals surface area contributed by atoms with Crippen molar-refractivity contribution in [1.82, 2.24) is 4.90 Å². The maximum atomic E-state index is 12.3. The molecule has 1 aliphatic carbocycles. The molecule has 0 N–H and O–H groups in total. The fourth-order valence-electron chi connectivity index (χ4n) is 3.40. The third-order valence-corrected chi connectivity index (χ3v) is 5.11. The average molecular weight is 290 g/mol. The van der Waals surface area contributed by atoms with Crippen LogP contribution >= 0.6 is 0 Å². The van der Waals surface area contributed by atoms with E-state index in [0.29, 0.717) is 6.54 Å². The highest BCUT2D eigenvalue weighted by Gasteiger charge is 2.51. The van der Waals surface area contributed by atoms with E-state index in [4.69, 9.17) is 4.74 Å². The Balaban J connectivity index is 2.16. The molecule has 2 atom stereocenters. The third-order valence-electron chi connectivity index (χ3n) is 5.11. The molecule has 0 radical (unpaired) electrons. The molecular formula is C17H26N2O2. The molecule has 1 fully saturated rings. The molecule has 1 saturated heterocycles. The van der Waals surface area contributed by atoms with Gasteiger partial charge in [0, 0.05) is 18.7 Å². The molecule has 21 heavy (non-hydrogen) atoms. The number of rotatable bonds is 0. The molecule has 0 aromatic rings. The first-order chi connectivity index (χ1) is 9.59. The SMILES string of the molecule is CC(C)(C)OC(=O)N1CCC2(C)CC=C(C#N)CC2(C)C1. The summed E-state index contributed by atoms with van der Waals surface area (Å²) in [6.45, 7) is 11.5. The van der Waals surface area contributed by atoms with Gasteiger partial charge in [-0.1, -0.05) is 19.9 Å². The Morgan fingerprint density at radius 3 is 2.62 bits per heavy atom. The zero-order valence-corrected chi connectivity index (χ0v) is 13.8. The molecule has 1 heterocycles. The fraction of sp³-hybridized carbons (Fsp3) is 0.765. The van der Waals surface area contributed by atoms with Gasteiger partial charge in [-0.3, -0.25) is 0 Å². The Morgan fingerprint density at radius 1 is 1.38 bits per heavy atom. The predicted molar refractivity (Wildman–Crippen MR) is 81.6 cm³/mol. The van der Waals surface area contributed by atoms with Gasteiger partial charge in [-0.05, 0) is 50.9 Å². The number of hydrogen-bond donors (Lipinski definition) is 0. The van der Waals surface area contributed by atoms with Crippen molar-refractivity contribution in [3.8, 4) is 6.07 Å². The number of likely N-dealkylation sites (tertiary alicyclic amines) is 1. The summed E-state index contributed by atoms with van der Waals surface area (Å²) in [6.07, 6.45) is 4.47. The highest BCUT2D eigenvalue weighted by atomic mass is 16.6. The monoisotopic (exact) mass is 290 g/mol. The van der Waals surface area contributed by atoms with Gasteiger partial charge in [0.2, 0.25) is 0 Å². The zero-order valence-electron chi connectivity index (χ0n) is 13.8.